The van der Waals surface area contributed by atoms with Crippen LogP contribution < -0.4 is 9.64 Å². The number of aryl methyl sites for hydroxylation is 1. The monoisotopic (exact) mass is 585 g/mol. The molecule has 3 aromatic rings. The van der Waals surface area contributed by atoms with Crippen LogP contribution in [0.4, 0.5) is 14.6 Å². The van der Waals surface area contributed by atoms with Gasteiger partial charge in [0.25, 0.3) is 5.91 Å². The molecule has 5 heterocycles. The number of halogens is 2. The Hall–Kier alpha value is -3.59. The number of fused-ring (bicyclic) bond motifs is 4. The zero-order valence-electron chi connectivity index (χ0n) is 24.5. The van der Waals surface area contributed by atoms with Crippen LogP contribution in [-0.4, -0.2) is 76.1 Å². The first kappa shape index (κ1) is 27.0. The van der Waals surface area contributed by atoms with Crippen molar-refractivity contribution in [3.63, 3.8) is 0 Å². The molecule has 0 spiro atoms. The number of carbonyl (C=O) groups excluding carboxylic acids is 1. The Labute approximate surface area is 250 Å². The molecule has 1 amide bonds. The molecule has 2 atom stereocenters. The number of hydrogen-bond acceptors (Lipinski definition) is 6. The normalized spacial score (nSPS) is 24.0. The molecule has 7 nitrogen and oxygen atoms in total. The van der Waals surface area contributed by atoms with E-state index in [2.05, 4.69) is 22.4 Å². The molecule has 4 aliphatic heterocycles. The Bertz CT molecular complexity index is 1630. The van der Waals surface area contributed by atoms with Crippen molar-refractivity contribution in [3.8, 4) is 17.1 Å². The molecule has 1 aromatic heterocycles. The van der Waals surface area contributed by atoms with Gasteiger partial charge in [-0.05, 0) is 99.7 Å². The highest BCUT2D eigenvalue weighted by molar-refractivity contribution is 5.95. The van der Waals surface area contributed by atoms with Crippen molar-refractivity contribution in [1.29, 1.82) is 0 Å². The van der Waals surface area contributed by atoms with Gasteiger partial charge in [-0.2, -0.15) is 9.97 Å². The fourth-order valence-corrected chi connectivity index (χ4v) is 8.57. The summed E-state index contributed by atoms with van der Waals surface area (Å²) >= 11 is 0. The average molecular weight is 586 g/mol. The quantitative estimate of drug-likeness (QED) is 0.352. The predicted molar refractivity (Wildman–Crippen MR) is 161 cm³/mol. The second kappa shape index (κ2) is 10.3. The number of ether oxygens (including phenoxy) is 1. The van der Waals surface area contributed by atoms with Crippen molar-refractivity contribution >= 4 is 22.6 Å². The van der Waals surface area contributed by atoms with E-state index >= 15 is 4.39 Å². The van der Waals surface area contributed by atoms with Crippen LogP contribution in [0.2, 0.25) is 0 Å². The lowest BCUT2D eigenvalue weighted by Gasteiger charge is -2.47. The van der Waals surface area contributed by atoms with Crippen molar-refractivity contribution in [2.75, 3.05) is 37.7 Å². The van der Waals surface area contributed by atoms with Gasteiger partial charge < -0.3 is 14.5 Å². The first-order valence-corrected chi connectivity index (χ1v) is 15.8. The summed E-state index contributed by atoms with van der Waals surface area (Å²) in [7, 11) is 0. The minimum Gasteiger partial charge on any atom is -0.461 e. The summed E-state index contributed by atoms with van der Waals surface area (Å²) in [6, 6.07) is 9.77. The molecule has 2 aromatic carbocycles. The summed E-state index contributed by atoms with van der Waals surface area (Å²) in [5.74, 6) is -1.28. The molecule has 1 aliphatic carbocycles. The zero-order valence-corrected chi connectivity index (χ0v) is 24.5. The minimum absolute atomic E-state index is 0.0307. The standard InChI is InChI=1S/C34H37F2N5O2/c1-21(35)32(42)40-16-11-29-30(40)19-41(29)31-26-17-27(36)25(24-10-4-8-22-7-2-3-9-23(22)24)18-28(26)37-33(38-31)43-20-34-12-5-14-39(34)15-6-13-34/h4,8,10,17-18,29-30H,1-3,5-7,9,11-16,19-20H2/t29?,30-/m1/s1. The minimum atomic E-state index is -0.938. The molecular formula is C34H37F2N5O2. The summed E-state index contributed by atoms with van der Waals surface area (Å²) < 4.78 is 36.2. The van der Waals surface area contributed by atoms with E-state index in [0.717, 1.165) is 57.2 Å². The summed E-state index contributed by atoms with van der Waals surface area (Å²) in [6.45, 7) is 6.89. The third kappa shape index (κ3) is 4.33. The third-order valence-corrected chi connectivity index (χ3v) is 10.8. The maximum Gasteiger partial charge on any atom is 0.319 e. The average Bonchev–Trinajstić information content (AvgIpc) is 3.68. The maximum atomic E-state index is 16.0. The summed E-state index contributed by atoms with van der Waals surface area (Å²) in [5, 5.41) is 0.623. The molecule has 5 aliphatic rings. The highest BCUT2D eigenvalue weighted by atomic mass is 19.1. The number of nitrogens with zero attached hydrogens (tertiary/aromatic N) is 5. The number of hydrogen-bond donors (Lipinski definition) is 0. The van der Waals surface area contributed by atoms with E-state index in [-0.39, 0.29) is 23.4 Å². The third-order valence-electron chi connectivity index (χ3n) is 10.8. The highest BCUT2D eigenvalue weighted by Crippen LogP contribution is 2.43. The van der Waals surface area contributed by atoms with Gasteiger partial charge in [0.05, 0.1) is 23.1 Å². The van der Waals surface area contributed by atoms with Crippen LogP contribution in [0.15, 0.2) is 42.7 Å². The summed E-state index contributed by atoms with van der Waals surface area (Å²) in [5.41, 5.74) is 4.71. The molecular weight excluding hydrogens is 548 g/mol. The Morgan fingerprint density at radius 3 is 2.65 bits per heavy atom. The molecule has 4 saturated heterocycles. The number of anilines is 1. The molecule has 0 N–H and O–H groups in total. The highest BCUT2D eigenvalue weighted by Gasteiger charge is 2.50. The zero-order chi connectivity index (χ0) is 29.3. The van der Waals surface area contributed by atoms with Gasteiger partial charge in [-0.1, -0.05) is 24.8 Å². The lowest BCUT2D eigenvalue weighted by Crippen LogP contribution is -2.63. The van der Waals surface area contributed by atoms with Crippen molar-refractivity contribution in [2.45, 2.75) is 75.4 Å². The molecule has 9 heteroatoms. The van der Waals surface area contributed by atoms with Gasteiger partial charge in [-0.3, -0.25) is 9.69 Å². The van der Waals surface area contributed by atoms with Gasteiger partial charge in [-0.15, -0.1) is 0 Å². The Kier molecular flexibility index (Phi) is 6.44. The topological polar surface area (TPSA) is 61.8 Å². The SMILES string of the molecule is C=C(F)C(=O)N1CCC2[C@H]1CN2c1nc(OCC23CCCN2CCC3)nc2cc(-c3cccc4c3CCCC4)c(F)cc12. The van der Waals surface area contributed by atoms with Crippen molar-refractivity contribution in [1.82, 2.24) is 19.8 Å². The lowest BCUT2D eigenvalue weighted by atomic mass is 9.85. The smallest absolute Gasteiger partial charge is 0.319 e. The van der Waals surface area contributed by atoms with E-state index in [4.69, 9.17) is 14.7 Å². The van der Waals surface area contributed by atoms with E-state index in [9.17, 15) is 9.18 Å². The predicted octanol–water partition coefficient (Wildman–Crippen LogP) is 5.59. The van der Waals surface area contributed by atoms with Gasteiger partial charge in [0.1, 0.15) is 18.2 Å². The van der Waals surface area contributed by atoms with Crippen LogP contribution in [0.5, 0.6) is 6.01 Å². The fourth-order valence-electron chi connectivity index (χ4n) is 8.57. The van der Waals surface area contributed by atoms with Gasteiger partial charge >= 0.3 is 6.01 Å². The van der Waals surface area contributed by atoms with Gasteiger partial charge in [0, 0.05) is 24.0 Å². The van der Waals surface area contributed by atoms with Gasteiger partial charge in [0.15, 0.2) is 5.83 Å². The lowest BCUT2D eigenvalue weighted by molar-refractivity contribution is -0.130. The largest absolute Gasteiger partial charge is 0.461 e. The summed E-state index contributed by atoms with van der Waals surface area (Å²) in [4.78, 5) is 28.4. The first-order chi connectivity index (χ1) is 20.9. The van der Waals surface area contributed by atoms with Crippen LogP contribution in [0.1, 0.15) is 56.1 Å². The number of amides is 1. The van der Waals surface area contributed by atoms with Crippen molar-refractivity contribution < 1.29 is 18.3 Å². The van der Waals surface area contributed by atoms with Gasteiger partial charge in [0.2, 0.25) is 0 Å². The van der Waals surface area contributed by atoms with E-state index in [1.165, 1.54) is 24.0 Å². The van der Waals surface area contributed by atoms with E-state index in [1.54, 1.807) is 11.0 Å². The Balaban J connectivity index is 1.19. The summed E-state index contributed by atoms with van der Waals surface area (Å²) in [6.07, 6.45) is 9.49. The molecule has 0 bridgehead atoms. The first-order valence-electron chi connectivity index (χ1n) is 15.8. The van der Waals surface area contributed by atoms with Crippen molar-refractivity contribution in [3.05, 3.63) is 59.7 Å². The number of likely N-dealkylation sites (tertiary alicyclic amines) is 1. The van der Waals surface area contributed by atoms with Crippen LogP contribution in [0.25, 0.3) is 22.0 Å². The van der Waals surface area contributed by atoms with E-state index < -0.39 is 11.7 Å². The Morgan fingerprint density at radius 2 is 1.84 bits per heavy atom. The molecule has 0 radical (unpaired) electrons. The van der Waals surface area contributed by atoms with Gasteiger partial charge in [-0.25, -0.2) is 8.78 Å². The number of carbonyl (C=O) groups is 1. The van der Waals surface area contributed by atoms with Crippen LogP contribution in [0.3, 0.4) is 0 Å². The Morgan fingerprint density at radius 1 is 1.02 bits per heavy atom. The number of rotatable bonds is 6. The van der Waals surface area contributed by atoms with Crippen LogP contribution in [0, 0.1) is 5.82 Å². The van der Waals surface area contributed by atoms with Crippen molar-refractivity contribution in [2.24, 2.45) is 0 Å². The fraction of sp³-hybridized carbons (Fsp3) is 0.500. The molecule has 4 fully saturated rings. The van der Waals surface area contributed by atoms with Crippen LogP contribution in [-0.2, 0) is 17.6 Å². The van der Waals surface area contributed by atoms with E-state index in [1.807, 2.05) is 18.2 Å². The molecule has 224 valence electrons. The van der Waals surface area contributed by atoms with Crippen LogP contribution >= 0.6 is 0 Å². The molecule has 8 rings (SSSR count). The molecule has 0 saturated carbocycles. The number of aromatic nitrogens is 2. The molecule has 1 unspecified atom stereocenters. The number of benzene rings is 2. The molecule has 43 heavy (non-hydrogen) atoms. The second-order valence-electron chi connectivity index (χ2n) is 13.0. The second-order valence-corrected chi connectivity index (χ2v) is 13.0. The maximum absolute atomic E-state index is 16.0. The van der Waals surface area contributed by atoms with E-state index in [0.29, 0.717) is 54.4 Å².